The zero-order chi connectivity index (χ0) is 29.6. The van der Waals surface area contributed by atoms with Gasteiger partial charge in [-0.2, -0.15) is 0 Å². The largest absolute Gasteiger partial charge is 0.444 e. The summed E-state index contributed by atoms with van der Waals surface area (Å²) < 4.78 is 5.37. The number of nitrogens with one attached hydrogen (secondary N) is 2. The third-order valence-corrected chi connectivity index (χ3v) is 6.02. The maximum absolute atomic E-state index is 14.1. The number of terminal acetylenes is 1. The minimum absolute atomic E-state index is 0.0334. The molecule has 3 atom stereocenters. The first-order valence-electron chi connectivity index (χ1n) is 13.8. The summed E-state index contributed by atoms with van der Waals surface area (Å²) in [5.74, 6) is 1.13. The number of amides is 4. The molecule has 0 heterocycles. The van der Waals surface area contributed by atoms with E-state index in [0.717, 1.165) is 25.7 Å². The van der Waals surface area contributed by atoms with Gasteiger partial charge in [0.05, 0.1) is 0 Å². The number of benzene rings is 1. The predicted molar refractivity (Wildman–Crippen MR) is 152 cm³/mol. The summed E-state index contributed by atoms with van der Waals surface area (Å²) >= 11 is 0. The molecule has 0 aliphatic rings. The maximum atomic E-state index is 14.1. The van der Waals surface area contributed by atoms with Crippen LogP contribution in [0.15, 0.2) is 24.3 Å². The molecule has 1 aromatic carbocycles. The molecule has 216 valence electrons. The average Bonchev–Trinajstić information content (AvgIpc) is 2.84. The first kappa shape index (κ1) is 33.5. The average molecular weight is 543 g/mol. The van der Waals surface area contributed by atoms with Crippen LogP contribution in [0.5, 0.6) is 0 Å². The van der Waals surface area contributed by atoms with Crippen molar-refractivity contribution >= 4 is 23.8 Å². The van der Waals surface area contributed by atoms with Crippen LogP contribution >= 0.6 is 0 Å². The number of rotatable bonds is 15. The minimum atomic E-state index is -1.12. The van der Waals surface area contributed by atoms with E-state index in [2.05, 4.69) is 16.6 Å². The number of carbonyl (C=O) groups is 4. The van der Waals surface area contributed by atoms with Gasteiger partial charge in [0.2, 0.25) is 17.7 Å². The molecule has 0 radical (unpaired) electrons. The number of nitrogens with two attached hydrogens (primary N) is 1. The van der Waals surface area contributed by atoms with Crippen molar-refractivity contribution in [2.75, 3.05) is 6.54 Å². The van der Waals surface area contributed by atoms with E-state index in [1.807, 2.05) is 20.8 Å². The molecule has 0 spiro atoms. The van der Waals surface area contributed by atoms with E-state index in [9.17, 15) is 19.2 Å². The molecule has 0 aromatic heterocycles. The SMILES string of the molecule is C#Cc1ccc(C(C(=O)NC(C)CCC)N(CCCCC)C(=O)C(CCC(N)=O)NC(=O)OC(C)(C)C)cc1. The van der Waals surface area contributed by atoms with Crippen LogP contribution in [-0.4, -0.2) is 52.9 Å². The number of unbranched alkanes of at least 4 members (excludes halogenated alkanes) is 2. The number of hydrogen-bond acceptors (Lipinski definition) is 5. The van der Waals surface area contributed by atoms with E-state index >= 15 is 0 Å². The van der Waals surface area contributed by atoms with Crippen molar-refractivity contribution in [3.63, 3.8) is 0 Å². The molecule has 0 fully saturated rings. The summed E-state index contributed by atoms with van der Waals surface area (Å²) in [6.45, 7) is 11.4. The fourth-order valence-corrected chi connectivity index (χ4v) is 4.15. The lowest BCUT2D eigenvalue weighted by atomic mass is 9.99. The van der Waals surface area contributed by atoms with E-state index in [1.54, 1.807) is 45.0 Å². The van der Waals surface area contributed by atoms with Crippen LogP contribution in [0.2, 0.25) is 0 Å². The molecule has 3 unspecified atom stereocenters. The molecule has 39 heavy (non-hydrogen) atoms. The van der Waals surface area contributed by atoms with Crippen molar-refractivity contribution in [2.45, 2.75) is 110 Å². The van der Waals surface area contributed by atoms with E-state index in [-0.39, 0.29) is 31.3 Å². The molecular weight excluding hydrogens is 496 g/mol. The monoisotopic (exact) mass is 542 g/mol. The minimum Gasteiger partial charge on any atom is -0.444 e. The molecule has 4 N–H and O–H groups in total. The van der Waals surface area contributed by atoms with Crippen LogP contribution in [0, 0.1) is 12.3 Å². The van der Waals surface area contributed by atoms with Gasteiger partial charge in [0.15, 0.2) is 0 Å². The molecule has 1 rings (SSSR count). The zero-order valence-corrected chi connectivity index (χ0v) is 24.3. The summed E-state index contributed by atoms with van der Waals surface area (Å²) in [6, 6.07) is 4.73. The number of hydrogen-bond donors (Lipinski definition) is 3. The highest BCUT2D eigenvalue weighted by atomic mass is 16.6. The zero-order valence-electron chi connectivity index (χ0n) is 24.3. The molecule has 1 aromatic rings. The van der Waals surface area contributed by atoms with Crippen molar-refractivity contribution in [3.8, 4) is 12.3 Å². The smallest absolute Gasteiger partial charge is 0.408 e. The molecule has 9 nitrogen and oxygen atoms in total. The van der Waals surface area contributed by atoms with Crippen LogP contribution in [0.25, 0.3) is 0 Å². The lowest BCUT2D eigenvalue weighted by Crippen LogP contribution is -2.54. The Labute approximate surface area is 233 Å². The Bertz CT molecular complexity index is 994. The van der Waals surface area contributed by atoms with Gasteiger partial charge < -0.3 is 26.0 Å². The van der Waals surface area contributed by atoms with E-state index in [4.69, 9.17) is 16.9 Å². The van der Waals surface area contributed by atoms with E-state index in [1.165, 1.54) is 4.90 Å². The summed E-state index contributed by atoms with van der Waals surface area (Å²) in [5, 5.41) is 5.64. The van der Waals surface area contributed by atoms with Gasteiger partial charge in [-0.15, -0.1) is 6.42 Å². The van der Waals surface area contributed by atoms with Gasteiger partial charge in [0.25, 0.3) is 0 Å². The first-order valence-corrected chi connectivity index (χ1v) is 13.8. The number of primary amides is 1. The Morgan fingerprint density at radius 2 is 1.67 bits per heavy atom. The van der Waals surface area contributed by atoms with E-state index < -0.39 is 35.6 Å². The third kappa shape index (κ3) is 12.2. The lowest BCUT2D eigenvalue weighted by Gasteiger charge is -2.35. The second-order valence-corrected chi connectivity index (χ2v) is 10.8. The fourth-order valence-electron chi connectivity index (χ4n) is 4.15. The quantitative estimate of drug-likeness (QED) is 0.226. The van der Waals surface area contributed by atoms with Gasteiger partial charge in [-0.1, -0.05) is 51.2 Å². The molecule has 9 heteroatoms. The Morgan fingerprint density at radius 1 is 1.03 bits per heavy atom. The first-order chi connectivity index (χ1) is 18.3. The maximum Gasteiger partial charge on any atom is 0.408 e. The summed E-state index contributed by atoms with van der Waals surface area (Å²) in [5.41, 5.74) is 5.81. The Kier molecular flexibility index (Phi) is 14.1. The van der Waals surface area contributed by atoms with Crippen molar-refractivity contribution in [1.29, 1.82) is 0 Å². The molecule has 0 aliphatic heterocycles. The summed E-state index contributed by atoms with van der Waals surface area (Å²) in [6.07, 6.45) is 8.63. The molecule has 0 saturated carbocycles. The van der Waals surface area contributed by atoms with Gasteiger partial charge in [-0.3, -0.25) is 14.4 Å². The Hall–Kier alpha value is -3.54. The Morgan fingerprint density at radius 3 is 2.18 bits per heavy atom. The number of carbonyl (C=O) groups excluding carboxylic acids is 4. The molecule has 0 saturated heterocycles. The van der Waals surface area contributed by atoms with Gasteiger partial charge in [0, 0.05) is 24.6 Å². The van der Waals surface area contributed by atoms with Crippen molar-refractivity contribution in [3.05, 3.63) is 35.4 Å². The van der Waals surface area contributed by atoms with E-state index in [0.29, 0.717) is 17.5 Å². The fraction of sp³-hybridized carbons (Fsp3) is 0.600. The second kappa shape index (κ2) is 16.4. The molecule has 0 aliphatic carbocycles. The normalized spacial score (nSPS) is 13.4. The lowest BCUT2D eigenvalue weighted by molar-refractivity contribution is -0.143. The van der Waals surface area contributed by atoms with Crippen molar-refractivity contribution in [1.82, 2.24) is 15.5 Å². The van der Waals surface area contributed by atoms with Crippen LogP contribution < -0.4 is 16.4 Å². The third-order valence-electron chi connectivity index (χ3n) is 6.02. The number of alkyl carbamates (subject to hydrolysis) is 1. The van der Waals surface area contributed by atoms with Crippen molar-refractivity contribution < 1.29 is 23.9 Å². The molecular formula is C30H46N4O5. The summed E-state index contributed by atoms with van der Waals surface area (Å²) in [4.78, 5) is 53.6. The molecule has 0 bridgehead atoms. The predicted octanol–water partition coefficient (Wildman–Crippen LogP) is 4.19. The van der Waals surface area contributed by atoms with Gasteiger partial charge in [0.1, 0.15) is 17.7 Å². The van der Waals surface area contributed by atoms with Crippen LogP contribution in [0.3, 0.4) is 0 Å². The van der Waals surface area contributed by atoms with Gasteiger partial charge >= 0.3 is 6.09 Å². The highest BCUT2D eigenvalue weighted by Gasteiger charge is 2.36. The number of nitrogens with zero attached hydrogens (tertiary/aromatic N) is 1. The van der Waals surface area contributed by atoms with Crippen LogP contribution in [0.1, 0.15) is 104 Å². The van der Waals surface area contributed by atoms with Crippen LogP contribution in [-0.2, 0) is 19.1 Å². The topological polar surface area (TPSA) is 131 Å². The van der Waals surface area contributed by atoms with Gasteiger partial charge in [-0.25, -0.2) is 4.79 Å². The second-order valence-electron chi connectivity index (χ2n) is 10.8. The number of ether oxygens (including phenoxy) is 1. The standard InChI is InChI=1S/C30H46N4O5/c1-8-11-12-20-34(28(37)24(18-19-25(31)35)33-29(38)39-30(5,6)7)26(27(36)32-21(4)13-9-2)23-16-14-22(10-3)15-17-23/h3,14-17,21,24,26H,8-9,11-13,18-20H2,1-2,4-7H3,(H2,31,35)(H,32,36)(H,33,38). The highest BCUT2D eigenvalue weighted by molar-refractivity contribution is 5.92. The Balaban J connectivity index is 3.54. The summed E-state index contributed by atoms with van der Waals surface area (Å²) in [7, 11) is 0. The van der Waals surface area contributed by atoms with Crippen molar-refractivity contribution in [2.24, 2.45) is 5.73 Å². The van der Waals surface area contributed by atoms with Gasteiger partial charge in [-0.05, 0) is 64.7 Å². The van der Waals surface area contributed by atoms with Crippen LogP contribution in [0.4, 0.5) is 4.79 Å². The molecule has 4 amide bonds. The highest BCUT2D eigenvalue weighted by Crippen LogP contribution is 2.25.